The first-order valence-electron chi connectivity index (χ1n) is 11.5. The molecular formula is C27H27ClN4O2. The van der Waals surface area contributed by atoms with Crippen molar-refractivity contribution in [1.29, 1.82) is 0 Å². The molecule has 1 atom stereocenters. The Balaban J connectivity index is 1.29. The molecule has 0 unspecified atom stereocenters. The summed E-state index contributed by atoms with van der Waals surface area (Å²) in [6, 6.07) is 13.6. The van der Waals surface area contributed by atoms with Gasteiger partial charge in [-0.25, -0.2) is 4.98 Å². The Labute approximate surface area is 204 Å². The van der Waals surface area contributed by atoms with E-state index >= 15 is 0 Å². The molecule has 2 aromatic carbocycles. The number of anilines is 1. The number of hydrogen-bond acceptors (Lipinski definition) is 5. The highest BCUT2D eigenvalue weighted by Crippen LogP contribution is 2.50. The van der Waals surface area contributed by atoms with Crippen LogP contribution in [-0.4, -0.2) is 27.7 Å². The number of halogens is 1. The first-order chi connectivity index (χ1) is 16.4. The number of fused-ring (bicyclic) bond motifs is 1. The van der Waals surface area contributed by atoms with Gasteiger partial charge in [0, 0.05) is 32.6 Å². The Kier molecular flexibility index (Phi) is 5.85. The molecule has 0 radical (unpaired) electrons. The predicted octanol–water partition coefficient (Wildman–Crippen LogP) is 3.58. The zero-order valence-electron chi connectivity index (χ0n) is 19.1. The molecule has 7 heteroatoms. The SMILES string of the molecule is Cn1c(N2CCC3(CC2)Cc2ccccc2[C@H]3N)ncc(C#CCc2ccc(Cl)c(O)c2)c1=O. The van der Waals surface area contributed by atoms with E-state index in [1.807, 2.05) is 0 Å². The Morgan fingerprint density at radius 3 is 2.74 bits per heavy atom. The molecule has 2 aliphatic rings. The van der Waals surface area contributed by atoms with Crippen LogP contribution in [0.3, 0.4) is 0 Å². The lowest BCUT2D eigenvalue weighted by Crippen LogP contribution is -2.46. The smallest absolute Gasteiger partial charge is 0.270 e. The van der Waals surface area contributed by atoms with Crippen molar-refractivity contribution >= 4 is 17.5 Å². The second-order valence-corrected chi connectivity index (χ2v) is 9.71. The van der Waals surface area contributed by atoms with Gasteiger partial charge < -0.3 is 15.7 Å². The van der Waals surface area contributed by atoms with E-state index in [1.54, 1.807) is 36.0 Å². The summed E-state index contributed by atoms with van der Waals surface area (Å²) in [6.07, 6.45) is 4.91. The lowest BCUT2D eigenvalue weighted by molar-refractivity contribution is 0.186. The van der Waals surface area contributed by atoms with Crippen LogP contribution < -0.4 is 16.2 Å². The molecule has 0 saturated carbocycles. The largest absolute Gasteiger partial charge is 0.506 e. The van der Waals surface area contributed by atoms with Crippen LogP contribution in [0.25, 0.3) is 0 Å². The van der Waals surface area contributed by atoms with Crippen molar-refractivity contribution in [3.05, 3.63) is 86.3 Å². The van der Waals surface area contributed by atoms with Gasteiger partial charge in [0.15, 0.2) is 0 Å². The zero-order chi connectivity index (χ0) is 23.9. The summed E-state index contributed by atoms with van der Waals surface area (Å²) in [6.45, 7) is 1.63. The Morgan fingerprint density at radius 2 is 2.00 bits per heavy atom. The number of benzene rings is 2. The molecule has 0 amide bonds. The van der Waals surface area contributed by atoms with Crippen LogP contribution in [0.4, 0.5) is 5.95 Å². The summed E-state index contributed by atoms with van der Waals surface area (Å²) in [5, 5.41) is 10.0. The van der Waals surface area contributed by atoms with Gasteiger partial charge in [-0.2, -0.15) is 0 Å². The number of hydrogen-bond donors (Lipinski definition) is 2. The van der Waals surface area contributed by atoms with Crippen LogP contribution in [-0.2, 0) is 19.9 Å². The van der Waals surface area contributed by atoms with Crippen molar-refractivity contribution < 1.29 is 5.11 Å². The van der Waals surface area contributed by atoms with Crippen molar-refractivity contribution in [2.45, 2.75) is 31.7 Å². The Hall–Kier alpha value is -3.27. The fourth-order valence-corrected chi connectivity index (χ4v) is 5.40. The van der Waals surface area contributed by atoms with Crippen LogP contribution in [0.5, 0.6) is 5.75 Å². The maximum atomic E-state index is 12.9. The standard InChI is InChI=1S/C27H27ClN4O2/c1-31-25(34)20(7-4-5-18-9-10-22(28)23(33)15-18)17-30-26(31)32-13-11-27(12-14-32)16-19-6-2-3-8-21(19)24(27)29/h2-3,6,8-10,15,17,24,33H,5,11-14,16,29H2,1H3/t24-/m1/s1. The normalized spacial score (nSPS) is 18.4. The minimum Gasteiger partial charge on any atom is -0.506 e. The third-order valence-electron chi connectivity index (χ3n) is 7.30. The third-order valence-corrected chi connectivity index (χ3v) is 7.62. The van der Waals surface area contributed by atoms with E-state index in [9.17, 15) is 9.90 Å². The van der Waals surface area contributed by atoms with E-state index in [-0.39, 0.29) is 22.8 Å². The van der Waals surface area contributed by atoms with Gasteiger partial charge in [0.2, 0.25) is 5.95 Å². The maximum Gasteiger partial charge on any atom is 0.270 e. The van der Waals surface area contributed by atoms with Crippen molar-refractivity contribution in [2.75, 3.05) is 18.0 Å². The molecule has 2 heterocycles. The van der Waals surface area contributed by atoms with Crippen molar-refractivity contribution in [1.82, 2.24) is 9.55 Å². The molecule has 3 N–H and O–H groups in total. The zero-order valence-corrected chi connectivity index (χ0v) is 19.8. The van der Waals surface area contributed by atoms with Gasteiger partial charge in [0.1, 0.15) is 11.3 Å². The summed E-state index contributed by atoms with van der Waals surface area (Å²) in [5.41, 5.74) is 10.4. The molecule has 1 aliphatic carbocycles. The molecule has 0 bridgehead atoms. The first-order valence-corrected chi connectivity index (χ1v) is 11.9. The van der Waals surface area contributed by atoms with Gasteiger partial charge >= 0.3 is 0 Å². The molecule has 1 aromatic heterocycles. The minimum atomic E-state index is -0.165. The molecule has 6 nitrogen and oxygen atoms in total. The molecule has 34 heavy (non-hydrogen) atoms. The number of phenolic OH excluding ortho intramolecular Hbond substituents is 1. The van der Waals surface area contributed by atoms with E-state index in [2.05, 4.69) is 46.0 Å². The molecule has 3 aromatic rings. The molecule has 1 saturated heterocycles. The Bertz CT molecular complexity index is 1360. The maximum absolute atomic E-state index is 12.9. The highest BCUT2D eigenvalue weighted by molar-refractivity contribution is 6.32. The number of nitrogens with two attached hydrogens (primary N) is 1. The van der Waals surface area contributed by atoms with E-state index in [4.69, 9.17) is 17.3 Å². The summed E-state index contributed by atoms with van der Waals surface area (Å²) in [7, 11) is 1.74. The van der Waals surface area contributed by atoms with Crippen molar-refractivity contribution in [3.63, 3.8) is 0 Å². The Morgan fingerprint density at radius 1 is 1.24 bits per heavy atom. The van der Waals surface area contributed by atoms with E-state index < -0.39 is 0 Å². The first kappa shape index (κ1) is 22.5. The predicted molar refractivity (Wildman–Crippen MR) is 134 cm³/mol. The molecule has 1 spiro atoms. The van der Waals surface area contributed by atoms with Crippen LogP contribution in [0.15, 0.2) is 53.5 Å². The number of aromatic hydroxyl groups is 1. The lowest BCUT2D eigenvalue weighted by atomic mass is 9.73. The highest BCUT2D eigenvalue weighted by Gasteiger charge is 2.46. The molecule has 1 fully saturated rings. The molecule has 5 rings (SSSR count). The number of aromatic nitrogens is 2. The minimum absolute atomic E-state index is 0.0219. The monoisotopic (exact) mass is 474 g/mol. The lowest BCUT2D eigenvalue weighted by Gasteiger charge is -2.42. The summed E-state index contributed by atoms with van der Waals surface area (Å²) in [4.78, 5) is 19.7. The van der Waals surface area contributed by atoms with Crippen LogP contribution in [0.1, 0.15) is 41.1 Å². The number of rotatable bonds is 2. The van der Waals surface area contributed by atoms with Gasteiger partial charge in [0.25, 0.3) is 5.56 Å². The van der Waals surface area contributed by atoms with Gasteiger partial charge in [-0.05, 0) is 53.5 Å². The van der Waals surface area contributed by atoms with Gasteiger partial charge in [0.05, 0.1) is 11.2 Å². The van der Waals surface area contributed by atoms with Crippen molar-refractivity contribution in [3.8, 4) is 17.6 Å². The second kappa shape index (κ2) is 8.83. The average molecular weight is 475 g/mol. The van der Waals surface area contributed by atoms with Gasteiger partial charge in [-0.15, -0.1) is 0 Å². The van der Waals surface area contributed by atoms with Crippen LogP contribution in [0.2, 0.25) is 5.02 Å². The van der Waals surface area contributed by atoms with Crippen LogP contribution in [0, 0.1) is 17.3 Å². The van der Waals surface area contributed by atoms with E-state index in [0.29, 0.717) is 23.0 Å². The number of piperidine rings is 1. The fourth-order valence-electron chi connectivity index (χ4n) is 5.28. The van der Waals surface area contributed by atoms with Crippen LogP contribution >= 0.6 is 11.6 Å². The third kappa shape index (κ3) is 3.96. The fraction of sp³-hybridized carbons (Fsp3) is 0.333. The summed E-state index contributed by atoms with van der Waals surface area (Å²) >= 11 is 5.84. The second-order valence-electron chi connectivity index (χ2n) is 9.30. The van der Waals surface area contributed by atoms with Gasteiger partial charge in [-0.3, -0.25) is 9.36 Å². The van der Waals surface area contributed by atoms with Gasteiger partial charge in [-0.1, -0.05) is 53.8 Å². The topological polar surface area (TPSA) is 84.4 Å². The quantitative estimate of drug-likeness (QED) is 0.555. The number of phenols is 1. The number of nitrogens with zero attached hydrogens (tertiary/aromatic N) is 3. The summed E-state index contributed by atoms with van der Waals surface area (Å²) in [5.74, 6) is 6.61. The van der Waals surface area contributed by atoms with Crippen molar-refractivity contribution in [2.24, 2.45) is 18.2 Å². The summed E-state index contributed by atoms with van der Waals surface area (Å²) < 4.78 is 1.58. The molecular weight excluding hydrogens is 448 g/mol. The average Bonchev–Trinajstić information content (AvgIpc) is 3.11. The molecule has 174 valence electrons. The van der Waals surface area contributed by atoms with E-state index in [1.165, 1.54) is 11.1 Å². The highest BCUT2D eigenvalue weighted by atomic mass is 35.5. The van der Waals surface area contributed by atoms with E-state index in [0.717, 1.165) is 37.9 Å². The molecule has 1 aliphatic heterocycles.